The maximum Gasteiger partial charge on any atom is 0.344 e. The predicted molar refractivity (Wildman–Crippen MR) is 121 cm³/mol. The fourth-order valence-corrected chi connectivity index (χ4v) is 3.24. The van der Waals surface area contributed by atoms with Gasteiger partial charge in [-0.1, -0.05) is 24.1 Å². The molecule has 158 valence electrons. The van der Waals surface area contributed by atoms with Crippen LogP contribution >= 0.6 is 11.9 Å². The second kappa shape index (κ2) is 8.07. The Hall–Kier alpha value is -2.93. The zero-order valence-electron chi connectivity index (χ0n) is 17.6. The fourth-order valence-electron chi connectivity index (χ4n) is 2.87. The second-order valence-electron chi connectivity index (χ2n) is 8.07. The minimum absolute atomic E-state index is 0.380. The molecule has 3 aromatic rings. The molecule has 0 aliphatic carbocycles. The molecule has 0 unspecified atom stereocenters. The number of hydrogen-bond donors (Lipinski definition) is 2. The van der Waals surface area contributed by atoms with E-state index in [1.54, 1.807) is 52.0 Å². The summed E-state index contributed by atoms with van der Waals surface area (Å²) >= 11 is 1.49. The lowest BCUT2D eigenvalue weighted by atomic mass is 9.77. The smallest absolute Gasteiger partial charge is 0.344 e. The minimum atomic E-state index is -1.12. The SMILES string of the molecule is CSNc1ccc(-c2cc3ccc(OC(C)(C)C(C)(C)C(=O)O)cc3oc2=O)cc1. The fraction of sp³-hybridized carbons (Fsp3) is 0.304. The average Bonchev–Trinajstić information content (AvgIpc) is 2.68. The van der Waals surface area contributed by atoms with Gasteiger partial charge in [-0.15, -0.1) is 0 Å². The third-order valence-electron chi connectivity index (χ3n) is 5.54. The van der Waals surface area contributed by atoms with Gasteiger partial charge in [-0.05, 0) is 63.6 Å². The Morgan fingerprint density at radius 1 is 1.07 bits per heavy atom. The molecule has 1 aromatic heterocycles. The molecule has 0 amide bonds. The van der Waals surface area contributed by atoms with Crippen molar-refractivity contribution in [2.75, 3.05) is 11.0 Å². The van der Waals surface area contributed by atoms with Crippen molar-refractivity contribution in [3.8, 4) is 16.9 Å². The van der Waals surface area contributed by atoms with Gasteiger partial charge in [0.15, 0.2) is 0 Å². The Bertz CT molecular complexity index is 1130. The number of carbonyl (C=O) groups is 1. The van der Waals surface area contributed by atoms with Gasteiger partial charge in [-0.25, -0.2) is 4.79 Å². The summed E-state index contributed by atoms with van der Waals surface area (Å²) in [6, 6.07) is 14.5. The molecule has 0 atom stereocenters. The highest BCUT2D eigenvalue weighted by Gasteiger charge is 2.45. The summed E-state index contributed by atoms with van der Waals surface area (Å²) < 4.78 is 14.7. The standard InChI is InChI=1S/C23H25NO5S/c1-22(2,21(26)27)23(3,4)29-17-11-8-15-12-18(20(25)28-19(15)13-17)14-6-9-16(10-7-14)24-30-5/h6-13,24H,1-5H3,(H,26,27). The highest BCUT2D eigenvalue weighted by Crippen LogP contribution is 2.36. The van der Waals surface area contributed by atoms with Crippen LogP contribution in [0.25, 0.3) is 22.1 Å². The molecular formula is C23H25NO5S. The van der Waals surface area contributed by atoms with E-state index in [2.05, 4.69) is 4.72 Å². The van der Waals surface area contributed by atoms with Crippen LogP contribution in [0.4, 0.5) is 5.69 Å². The number of fused-ring (bicyclic) bond motifs is 1. The lowest BCUT2D eigenvalue weighted by Gasteiger charge is -2.38. The minimum Gasteiger partial charge on any atom is -0.487 e. The van der Waals surface area contributed by atoms with E-state index < -0.39 is 22.6 Å². The van der Waals surface area contributed by atoms with Gasteiger partial charge in [-0.3, -0.25) is 4.79 Å². The normalized spacial score (nSPS) is 12.0. The van der Waals surface area contributed by atoms with Crippen molar-refractivity contribution in [3.63, 3.8) is 0 Å². The number of hydrogen-bond acceptors (Lipinski definition) is 6. The molecule has 6 nitrogen and oxygen atoms in total. The van der Waals surface area contributed by atoms with Crippen LogP contribution in [0.15, 0.2) is 57.7 Å². The summed E-state index contributed by atoms with van der Waals surface area (Å²) in [7, 11) is 0. The van der Waals surface area contributed by atoms with Crippen molar-refractivity contribution in [3.05, 3.63) is 59.0 Å². The largest absolute Gasteiger partial charge is 0.487 e. The number of ether oxygens (including phenoxy) is 1. The van der Waals surface area contributed by atoms with E-state index in [1.807, 2.05) is 30.5 Å². The third kappa shape index (κ3) is 4.16. The molecule has 0 aliphatic heterocycles. The Kier molecular flexibility index (Phi) is 5.85. The van der Waals surface area contributed by atoms with Crippen molar-refractivity contribution >= 4 is 34.6 Å². The van der Waals surface area contributed by atoms with E-state index in [1.165, 1.54) is 11.9 Å². The summed E-state index contributed by atoms with van der Waals surface area (Å²) in [6.45, 7) is 6.67. The van der Waals surface area contributed by atoms with Gasteiger partial charge < -0.3 is 19.0 Å². The van der Waals surface area contributed by atoms with E-state index in [-0.39, 0.29) is 0 Å². The molecule has 0 saturated carbocycles. The molecule has 0 aliphatic rings. The molecule has 0 fully saturated rings. The average molecular weight is 428 g/mol. The number of carboxylic acid groups (broad SMARTS) is 1. The Morgan fingerprint density at radius 2 is 1.73 bits per heavy atom. The van der Waals surface area contributed by atoms with Crippen LogP contribution in [-0.2, 0) is 4.79 Å². The molecule has 2 aromatic carbocycles. The molecule has 0 saturated heterocycles. The Labute approximate surface area is 179 Å². The van der Waals surface area contributed by atoms with Gasteiger partial charge in [0.1, 0.15) is 22.3 Å². The quantitative estimate of drug-likeness (QED) is 0.384. The first-order valence-corrected chi connectivity index (χ1v) is 10.7. The molecule has 0 spiro atoms. The van der Waals surface area contributed by atoms with Gasteiger partial charge >= 0.3 is 11.6 Å². The van der Waals surface area contributed by atoms with Crippen molar-refractivity contribution in [2.45, 2.75) is 33.3 Å². The molecular weight excluding hydrogens is 402 g/mol. The van der Waals surface area contributed by atoms with Gasteiger partial charge in [0.05, 0.1) is 5.56 Å². The van der Waals surface area contributed by atoms with Crippen LogP contribution in [0.3, 0.4) is 0 Å². The van der Waals surface area contributed by atoms with Crippen LogP contribution in [0, 0.1) is 5.41 Å². The van der Waals surface area contributed by atoms with Gasteiger partial charge in [0.2, 0.25) is 0 Å². The molecule has 2 N–H and O–H groups in total. The van der Waals surface area contributed by atoms with Gasteiger partial charge in [-0.2, -0.15) is 0 Å². The van der Waals surface area contributed by atoms with Crippen LogP contribution in [-0.4, -0.2) is 22.9 Å². The van der Waals surface area contributed by atoms with E-state index in [0.717, 1.165) is 16.6 Å². The number of benzene rings is 2. The van der Waals surface area contributed by atoms with E-state index >= 15 is 0 Å². The van der Waals surface area contributed by atoms with Crippen LogP contribution in [0.1, 0.15) is 27.7 Å². The number of aliphatic carboxylic acids is 1. The van der Waals surface area contributed by atoms with Crippen LogP contribution in [0.5, 0.6) is 5.75 Å². The first-order chi connectivity index (χ1) is 14.0. The molecule has 7 heteroatoms. The zero-order valence-corrected chi connectivity index (χ0v) is 18.4. The predicted octanol–water partition coefficient (Wildman–Crippen LogP) is 5.42. The number of rotatable bonds is 7. The molecule has 1 heterocycles. The number of carboxylic acids is 1. The van der Waals surface area contributed by atoms with E-state index in [4.69, 9.17) is 9.15 Å². The highest BCUT2D eigenvalue weighted by molar-refractivity contribution is 7.99. The molecule has 3 rings (SSSR count). The maximum absolute atomic E-state index is 12.6. The monoisotopic (exact) mass is 427 g/mol. The molecule has 30 heavy (non-hydrogen) atoms. The Balaban J connectivity index is 1.94. The summed E-state index contributed by atoms with van der Waals surface area (Å²) in [5, 5.41) is 10.3. The summed E-state index contributed by atoms with van der Waals surface area (Å²) in [5.74, 6) is -0.520. The first-order valence-electron chi connectivity index (χ1n) is 9.45. The van der Waals surface area contributed by atoms with Gasteiger partial charge in [0.25, 0.3) is 0 Å². The summed E-state index contributed by atoms with van der Waals surface area (Å²) in [4.78, 5) is 24.2. The third-order valence-corrected chi connectivity index (χ3v) is 5.98. The first kappa shape index (κ1) is 21.8. The van der Waals surface area contributed by atoms with Crippen molar-refractivity contribution < 1.29 is 19.1 Å². The molecule has 0 bridgehead atoms. The molecule has 0 radical (unpaired) electrons. The lowest BCUT2D eigenvalue weighted by molar-refractivity contribution is -0.158. The number of nitrogens with one attached hydrogen (secondary N) is 1. The topological polar surface area (TPSA) is 88.8 Å². The van der Waals surface area contributed by atoms with Crippen molar-refractivity contribution in [1.29, 1.82) is 0 Å². The summed E-state index contributed by atoms with van der Waals surface area (Å²) in [6.07, 6.45) is 1.94. The number of anilines is 1. The summed E-state index contributed by atoms with van der Waals surface area (Å²) in [5.41, 5.74) is 0.0102. The maximum atomic E-state index is 12.6. The highest BCUT2D eigenvalue weighted by atomic mass is 32.2. The Morgan fingerprint density at radius 3 is 2.33 bits per heavy atom. The second-order valence-corrected chi connectivity index (χ2v) is 8.69. The van der Waals surface area contributed by atoms with Crippen molar-refractivity contribution in [1.82, 2.24) is 0 Å². The zero-order chi connectivity index (χ0) is 22.1. The van der Waals surface area contributed by atoms with Gasteiger partial charge in [0, 0.05) is 23.4 Å². The van der Waals surface area contributed by atoms with Crippen molar-refractivity contribution in [2.24, 2.45) is 5.41 Å². The van der Waals surface area contributed by atoms with Crippen LogP contribution in [0.2, 0.25) is 0 Å². The van der Waals surface area contributed by atoms with E-state index in [0.29, 0.717) is 16.9 Å². The lowest BCUT2D eigenvalue weighted by Crippen LogP contribution is -2.49. The van der Waals surface area contributed by atoms with E-state index in [9.17, 15) is 14.7 Å². The van der Waals surface area contributed by atoms with Crippen LogP contribution < -0.4 is 15.1 Å².